The molecule has 2 aromatic rings. The minimum atomic E-state index is -0.148. The largest absolute Gasteiger partial charge is 0.480 e. The van der Waals surface area contributed by atoms with Gasteiger partial charge in [0, 0.05) is 17.6 Å². The number of nitrogens with one attached hydrogen (secondary N) is 1. The third-order valence-electron chi connectivity index (χ3n) is 2.83. The first-order valence-corrected chi connectivity index (χ1v) is 7.75. The van der Waals surface area contributed by atoms with Crippen LogP contribution in [0, 0.1) is 0 Å². The van der Waals surface area contributed by atoms with Gasteiger partial charge in [0.25, 0.3) is 5.91 Å². The lowest BCUT2D eigenvalue weighted by atomic mass is 10.2. The number of benzene rings is 1. The number of pyridine rings is 1. The Morgan fingerprint density at radius 1 is 1.24 bits per heavy atom. The second kappa shape index (κ2) is 8.32. The number of methoxy groups -OCH3 is 1. The fraction of sp³-hybridized carbons (Fsp3) is 0.250. The maximum Gasteiger partial charge on any atom is 0.256 e. The molecule has 0 aliphatic rings. The van der Waals surface area contributed by atoms with Gasteiger partial charge in [0.15, 0.2) is 0 Å². The van der Waals surface area contributed by atoms with Gasteiger partial charge in [-0.1, -0.05) is 18.2 Å². The predicted octanol–water partition coefficient (Wildman–Crippen LogP) is 3.00. The van der Waals surface area contributed by atoms with Crippen molar-refractivity contribution < 1.29 is 9.53 Å². The lowest BCUT2D eigenvalue weighted by molar-refractivity contribution is 0.0950. The molecule has 5 heteroatoms. The van der Waals surface area contributed by atoms with Crippen LogP contribution >= 0.6 is 11.8 Å². The molecule has 0 atom stereocenters. The second-order valence-corrected chi connectivity index (χ2v) is 5.50. The van der Waals surface area contributed by atoms with E-state index in [0.29, 0.717) is 18.0 Å². The van der Waals surface area contributed by atoms with Gasteiger partial charge in [-0.05, 0) is 36.4 Å². The minimum Gasteiger partial charge on any atom is -0.480 e. The zero-order chi connectivity index (χ0) is 14.9. The summed E-state index contributed by atoms with van der Waals surface area (Å²) in [5.41, 5.74) is 0.468. The zero-order valence-electron chi connectivity index (χ0n) is 11.9. The molecular weight excluding hydrogens is 284 g/mol. The van der Waals surface area contributed by atoms with Crippen molar-refractivity contribution in [3.63, 3.8) is 0 Å². The van der Waals surface area contributed by atoms with Crippen LogP contribution in [0.2, 0.25) is 0 Å². The summed E-state index contributed by atoms with van der Waals surface area (Å²) in [5.74, 6) is 1.17. The molecule has 1 heterocycles. The van der Waals surface area contributed by atoms with Gasteiger partial charge in [-0.25, -0.2) is 4.98 Å². The Balaban J connectivity index is 1.72. The van der Waals surface area contributed by atoms with Gasteiger partial charge in [0.1, 0.15) is 5.56 Å². The molecule has 0 unspecified atom stereocenters. The summed E-state index contributed by atoms with van der Waals surface area (Å²) in [6, 6.07) is 13.7. The average molecular weight is 302 g/mol. The molecule has 0 radical (unpaired) electrons. The Labute approximate surface area is 128 Å². The summed E-state index contributed by atoms with van der Waals surface area (Å²) in [6.07, 6.45) is 2.51. The van der Waals surface area contributed by atoms with Crippen LogP contribution in [-0.4, -0.2) is 30.3 Å². The van der Waals surface area contributed by atoms with Gasteiger partial charge in [-0.15, -0.1) is 11.8 Å². The van der Waals surface area contributed by atoms with Crippen molar-refractivity contribution in [2.75, 3.05) is 19.4 Å². The Hall–Kier alpha value is -2.01. The molecule has 0 saturated heterocycles. The standard InChI is InChI=1S/C16H18N2O2S/c1-20-16-14(9-5-10-18-16)15(19)17-11-6-12-21-13-7-3-2-4-8-13/h2-5,7-10H,6,11-12H2,1H3,(H,17,19). The van der Waals surface area contributed by atoms with E-state index in [1.807, 2.05) is 18.2 Å². The van der Waals surface area contributed by atoms with Gasteiger partial charge in [0.05, 0.1) is 7.11 Å². The molecule has 0 bridgehead atoms. The molecule has 1 N–H and O–H groups in total. The average Bonchev–Trinajstić information content (AvgIpc) is 2.55. The monoisotopic (exact) mass is 302 g/mol. The fourth-order valence-electron chi connectivity index (χ4n) is 1.80. The van der Waals surface area contributed by atoms with Gasteiger partial charge < -0.3 is 10.1 Å². The number of aromatic nitrogens is 1. The predicted molar refractivity (Wildman–Crippen MR) is 84.9 cm³/mol. The number of hydrogen-bond donors (Lipinski definition) is 1. The van der Waals surface area contributed by atoms with Crippen molar-refractivity contribution in [1.29, 1.82) is 0 Å². The van der Waals surface area contributed by atoms with Crippen LogP contribution in [0.25, 0.3) is 0 Å². The van der Waals surface area contributed by atoms with Crippen LogP contribution in [-0.2, 0) is 0 Å². The number of ether oxygens (including phenoxy) is 1. The summed E-state index contributed by atoms with van der Waals surface area (Å²) < 4.78 is 5.08. The molecule has 0 spiro atoms. The first kappa shape index (κ1) is 15.4. The van der Waals surface area contributed by atoms with E-state index in [1.54, 1.807) is 30.1 Å². The maximum absolute atomic E-state index is 12.0. The maximum atomic E-state index is 12.0. The SMILES string of the molecule is COc1ncccc1C(=O)NCCCSc1ccccc1. The Morgan fingerprint density at radius 3 is 2.81 bits per heavy atom. The van der Waals surface area contributed by atoms with E-state index in [2.05, 4.69) is 22.4 Å². The number of carbonyl (C=O) groups excluding carboxylic acids is 1. The Kier molecular flexibility index (Phi) is 6.09. The van der Waals surface area contributed by atoms with Crippen LogP contribution in [0.3, 0.4) is 0 Å². The normalized spacial score (nSPS) is 10.1. The highest BCUT2D eigenvalue weighted by Crippen LogP contribution is 2.17. The van der Waals surface area contributed by atoms with Gasteiger partial charge >= 0.3 is 0 Å². The summed E-state index contributed by atoms with van der Waals surface area (Å²) in [5, 5.41) is 2.89. The van der Waals surface area contributed by atoms with Crippen molar-refractivity contribution >= 4 is 17.7 Å². The fourth-order valence-corrected chi connectivity index (χ4v) is 2.68. The third kappa shape index (κ3) is 4.79. The highest BCUT2D eigenvalue weighted by Gasteiger charge is 2.11. The van der Waals surface area contributed by atoms with Crippen LogP contribution in [0.1, 0.15) is 16.8 Å². The van der Waals surface area contributed by atoms with Crippen molar-refractivity contribution in [1.82, 2.24) is 10.3 Å². The lowest BCUT2D eigenvalue weighted by Crippen LogP contribution is -2.25. The van der Waals surface area contributed by atoms with E-state index in [0.717, 1.165) is 12.2 Å². The first-order chi connectivity index (χ1) is 10.3. The summed E-state index contributed by atoms with van der Waals surface area (Å²) in [7, 11) is 1.51. The number of thioether (sulfide) groups is 1. The van der Waals surface area contributed by atoms with E-state index in [-0.39, 0.29) is 5.91 Å². The third-order valence-corrected chi connectivity index (χ3v) is 3.93. The smallest absolute Gasteiger partial charge is 0.256 e. The molecule has 1 amide bonds. The van der Waals surface area contributed by atoms with E-state index < -0.39 is 0 Å². The van der Waals surface area contributed by atoms with E-state index in [9.17, 15) is 4.79 Å². The van der Waals surface area contributed by atoms with Crippen molar-refractivity contribution in [2.24, 2.45) is 0 Å². The molecule has 1 aromatic carbocycles. The Morgan fingerprint density at radius 2 is 2.05 bits per heavy atom. The number of nitrogens with zero attached hydrogens (tertiary/aromatic N) is 1. The molecular formula is C16H18N2O2S. The van der Waals surface area contributed by atoms with E-state index in [4.69, 9.17) is 4.74 Å². The second-order valence-electron chi connectivity index (χ2n) is 4.33. The number of hydrogen-bond acceptors (Lipinski definition) is 4. The number of amides is 1. The summed E-state index contributed by atoms with van der Waals surface area (Å²) >= 11 is 1.79. The van der Waals surface area contributed by atoms with E-state index >= 15 is 0 Å². The molecule has 2 rings (SSSR count). The van der Waals surface area contributed by atoms with Gasteiger partial charge in [-0.3, -0.25) is 4.79 Å². The number of rotatable bonds is 7. The highest BCUT2D eigenvalue weighted by molar-refractivity contribution is 7.99. The molecule has 21 heavy (non-hydrogen) atoms. The first-order valence-electron chi connectivity index (χ1n) is 6.76. The van der Waals surface area contributed by atoms with Crippen LogP contribution in [0.4, 0.5) is 0 Å². The topological polar surface area (TPSA) is 51.2 Å². The van der Waals surface area contributed by atoms with Crippen LogP contribution in [0.5, 0.6) is 5.88 Å². The van der Waals surface area contributed by atoms with Crippen molar-refractivity contribution in [3.8, 4) is 5.88 Å². The molecule has 1 aromatic heterocycles. The Bertz CT molecular complexity index is 575. The summed E-state index contributed by atoms with van der Waals surface area (Å²) in [4.78, 5) is 17.3. The molecule has 0 saturated carbocycles. The van der Waals surface area contributed by atoms with Crippen molar-refractivity contribution in [3.05, 3.63) is 54.2 Å². The van der Waals surface area contributed by atoms with Crippen LogP contribution in [0.15, 0.2) is 53.6 Å². The zero-order valence-corrected chi connectivity index (χ0v) is 12.7. The lowest BCUT2D eigenvalue weighted by Gasteiger charge is -2.08. The quantitative estimate of drug-likeness (QED) is 0.631. The van der Waals surface area contributed by atoms with Gasteiger partial charge in [0.2, 0.25) is 5.88 Å². The van der Waals surface area contributed by atoms with Crippen molar-refractivity contribution in [2.45, 2.75) is 11.3 Å². The highest BCUT2D eigenvalue weighted by atomic mass is 32.2. The molecule has 0 aliphatic heterocycles. The van der Waals surface area contributed by atoms with Crippen LogP contribution < -0.4 is 10.1 Å². The van der Waals surface area contributed by atoms with Gasteiger partial charge in [-0.2, -0.15) is 0 Å². The minimum absolute atomic E-state index is 0.148. The molecule has 4 nitrogen and oxygen atoms in total. The molecule has 110 valence electrons. The summed E-state index contributed by atoms with van der Waals surface area (Å²) in [6.45, 7) is 0.636. The number of carbonyl (C=O) groups is 1. The molecule has 0 aliphatic carbocycles. The molecule has 0 fully saturated rings. The van der Waals surface area contributed by atoms with E-state index in [1.165, 1.54) is 12.0 Å².